The van der Waals surface area contributed by atoms with Gasteiger partial charge in [-0.2, -0.15) is 0 Å². The van der Waals surface area contributed by atoms with Crippen LogP contribution in [0.3, 0.4) is 0 Å². The lowest BCUT2D eigenvalue weighted by molar-refractivity contribution is -0.132. The number of aryl methyl sites for hydroxylation is 2. The number of nitrogens with zero attached hydrogens (tertiary/aromatic N) is 2. The summed E-state index contributed by atoms with van der Waals surface area (Å²) in [7, 11) is 1.54. The van der Waals surface area contributed by atoms with Gasteiger partial charge in [-0.15, -0.1) is 0 Å². The fraction of sp³-hybridized carbons (Fsp3) is 0.160. The fourth-order valence-corrected chi connectivity index (χ4v) is 4.48. The molecule has 0 saturated carbocycles. The maximum Gasteiger partial charge on any atom is 0.300 e. The predicted octanol–water partition coefficient (Wildman–Crippen LogP) is 5.10. The number of aliphatic hydroxyl groups is 1. The fourth-order valence-electron chi connectivity index (χ4n) is 3.94. The van der Waals surface area contributed by atoms with Gasteiger partial charge in [0, 0.05) is 17.4 Å². The molecular formula is C25H21BrN2O4. The van der Waals surface area contributed by atoms with E-state index in [-0.39, 0.29) is 11.3 Å². The number of hydrogen-bond acceptors (Lipinski definition) is 5. The van der Waals surface area contributed by atoms with Crippen LogP contribution in [0.2, 0.25) is 0 Å². The Morgan fingerprint density at radius 2 is 1.88 bits per heavy atom. The van der Waals surface area contributed by atoms with Gasteiger partial charge < -0.3 is 9.84 Å². The molecule has 1 N–H and O–H groups in total. The van der Waals surface area contributed by atoms with E-state index in [1.807, 2.05) is 32.0 Å². The topological polar surface area (TPSA) is 79.7 Å². The number of methoxy groups -OCH3 is 1. The van der Waals surface area contributed by atoms with E-state index >= 15 is 0 Å². The minimum atomic E-state index is -0.863. The van der Waals surface area contributed by atoms with E-state index in [1.54, 1.807) is 42.6 Å². The zero-order valence-electron chi connectivity index (χ0n) is 17.8. The van der Waals surface area contributed by atoms with E-state index in [4.69, 9.17) is 4.74 Å². The summed E-state index contributed by atoms with van der Waals surface area (Å²) < 4.78 is 5.86. The van der Waals surface area contributed by atoms with Crippen molar-refractivity contribution in [2.45, 2.75) is 19.9 Å². The van der Waals surface area contributed by atoms with Crippen molar-refractivity contribution in [1.29, 1.82) is 0 Å². The van der Waals surface area contributed by atoms with Gasteiger partial charge in [0.15, 0.2) is 0 Å². The first-order valence-electron chi connectivity index (χ1n) is 9.96. The molecule has 0 bridgehead atoms. The number of rotatable bonds is 4. The summed E-state index contributed by atoms with van der Waals surface area (Å²) in [4.78, 5) is 32.2. The molecule has 4 rings (SSSR count). The van der Waals surface area contributed by atoms with Gasteiger partial charge in [0.25, 0.3) is 11.7 Å². The number of halogens is 1. The van der Waals surface area contributed by atoms with Crippen LogP contribution < -0.4 is 9.64 Å². The second-order valence-electron chi connectivity index (χ2n) is 7.56. The molecule has 0 spiro atoms. The molecule has 1 aliphatic rings. The van der Waals surface area contributed by atoms with Crippen LogP contribution >= 0.6 is 15.9 Å². The molecule has 6 nitrogen and oxygen atoms in total. The molecule has 0 radical (unpaired) electrons. The van der Waals surface area contributed by atoms with Crippen molar-refractivity contribution in [2.75, 3.05) is 12.0 Å². The smallest absolute Gasteiger partial charge is 0.300 e. The lowest BCUT2D eigenvalue weighted by Crippen LogP contribution is -2.30. The van der Waals surface area contributed by atoms with E-state index in [2.05, 4.69) is 20.9 Å². The number of anilines is 1. The molecule has 2 heterocycles. The maximum atomic E-state index is 13.2. The maximum absolute atomic E-state index is 13.2. The standard InChI is InChI=1S/C25H21BrN2O4/c1-14-7-9-19(15(2)12-14)28-22(18-6-4-5-11-27-18)21(24(30)25(28)31)23(29)16-8-10-20(32-3)17(26)13-16/h4-13,22,29H,1-3H3/b23-21+. The van der Waals surface area contributed by atoms with E-state index < -0.39 is 17.7 Å². The summed E-state index contributed by atoms with van der Waals surface area (Å²) in [5, 5.41) is 11.2. The Labute approximate surface area is 194 Å². The number of carbonyl (C=O) groups is 2. The normalized spacial score (nSPS) is 17.6. The minimum Gasteiger partial charge on any atom is -0.507 e. The SMILES string of the molecule is COc1ccc(/C(O)=C2\C(=O)C(=O)N(c3ccc(C)cc3C)C2c2ccccn2)cc1Br. The van der Waals surface area contributed by atoms with Crippen molar-refractivity contribution >= 4 is 39.1 Å². The van der Waals surface area contributed by atoms with Crippen molar-refractivity contribution in [3.05, 3.63) is 93.2 Å². The van der Waals surface area contributed by atoms with Crippen molar-refractivity contribution in [2.24, 2.45) is 0 Å². The Bertz CT molecular complexity index is 1250. The molecule has 162 valence electrons. The van der Waals surface area contributed by atoms with Gasteiger partial charge in [0.2, 0.25) is 0 Å². The Morgan fingerprint density at radius 3 is 2.50 bits per heavy atom. The molecule has 1 aromatic heterocycles. The molecule has 1 saturated heterocycles. The van der Waals surface area contributed by atoms with E-state index in [1.165, 1.54) is 12.0 Å². The molecule has 2 aromatic carbocycles. The lowest BCUT2D eigenvalue weighted by atomic mass is 9.97. The number of pyridine rings is 1. The van der Waals surface area contributed by atoms with Gasteiger partial charge in [-0.1, -0.05) is 23.8 Å². The summed E-state index contributed by atoms with van der Waals surface area (Å²) >= 11 is 3.40. The van der Waals surface area contributed by atoms with Crippen molar-refractivity contribution in [3.63, 3.8) is 0 Å². The molecule has 0 aliphatic carbocycles. The highest BCUT2D eigenvalue weighted by molar-refractivity contribution is 9.10. The Morgan fingerprint density at radius 1 is 1.09 bits per heavy atom. The van der Waals surface area contributed by atoms with Crippen molar-refractivity contribution in [3.8, 4) is 5.75 Å². The van der Waals surface area contributed by atoms with Gasteiger partial charge >= 0.3 is 0 Å². The second-order valence-corrected chi connectivity index (χ2v) is 8.42. The molecule has 7 heteroatoms. The van der Waals surface area contributed by atoms with Gasteiger partial charge in [-0.3, -0.25) is 19.5 Å². The third-order valence-corrected chi connectivity index (χ3v) is 6.07. The molecule has 1 aliphatic heterocycles. The molecule has 1 atom stereocenters. The van der Waals surface area contributed by atoms with Crippen LogP contribution in [0.5, 0.6) is 5.75 Å². The number of ketones is 1. The summed E-state index contributed by atoms with van der Waals surface area (Å²) in [5.41, 5.74) is 3.35. The molecule has 1 amide bonds. The molecule has 3 aromatic rings. The first-order chi connectivity index (χ1) is 15.3. The zero-order chi connectivity index (χ0) is 23.0. The Hall–Kier alpha value is -3.45. The number of carbonyl (C=O) groups excluding carboxylic acids is 2. The highest BCUT2D eigenvalue weighted by Crippen LogP contribution is 2.43. The number of ether oxygens (including phenoxy) is 1. The van der Waals surface area contributed by atoms with Gasteiger partial charge in [-0.25, -0.2) is 0 Å². The van der Waals surface area contributed by atoms with E-state index in [0.717, 1.165) is 11.1 Å². The molecule has 1 fully saturated rings. The number of benzene rings is 2. The highest BCUT2D eigenvalue weighted by Gasteiger charge is 2.48. The van der Waals surface area contributed by atoms with Crippen molar-refractivity contribution < 1.29 is 19.4 Å². The zero-order valence-corrected chi connectivity index (χ0v) is 19.4. The monoisotopic (exact) mass is 492 g/mol. The first-order valence-corrected chi connectivity index (χ1v) is 10.8. The Balaban J connectivity index is 1.95. The summed E-state index contributed by atoms with van der Waals surface area (Å²) in [6.07, 6.45) is 1.60. The van der Waals surface area contributed by atoms with Crippen LogP contribution in [0.4, 0.5) is 5.69 Å². The van der Waals surface area contributed by atoms with Crippen LogP contribution in [0, 0.1) is 13.8 Å². The second kappa shape index (κ2) is 8.59. The number of amides is 1. The lowest BCUT2D eigenvalue weighted by Gasteiger charge is -2.26. The van der Waals surface area contributed by atoms with E-state index in [9.17, 15) is 14.7 Å². The van der Waals surface area contributed by atoms with Gasteiger partial charge in [0.1, 0.15) is 17.6 Å². The first kappa shape index (κ1) is 21.8. The number of aliphatic hydroxyl groups excluding tert-OH is 1. The minimum absolute atomic E-state index is 0.00857. The van der Waals surface area contributed by atoms with Crippen LogP contribution in [0.25, 0.3) is 5.76 Å². The largest absolute Gasteiger partial charge is 0.507 e. The third kappa shape index (κ3) is 3.69. The molecule has 1 unspecified atom stereocenters. The van der Waals surface area contributed by atoms with Gasteiger partial charge in [0.05, 0.1) is 22.8 Å². The summed E-state index contributed by atoms with van der Waals surface area (Å²) in [5.74, 6) is -1.15. The average Bonchev–Trinajstić information content (AvgIpc) is 3.04. The van der Waals surface area contributed by atoms with Crippen LogP contribution in [-0.4, -0.2) is 28.9 Å². The molecular weight excluding hydrogens is 472 g/mol. The predicted molar refractivity (Wildman–Crippen MR) is 126 cm³/mol. The highest BCUT2D eigenvalue weighted by atomic mass is 79.9. The van der Waals surface area contributed by atoms with E-state index in [0.29, 0.717) is 27.2 Å². The number of aromatic nitrogens is 1. The summed E-state index contributed by atoms with van der Waals surface area (Å²) in [6.45, 7) is 3.85. The number of hydrogen-bond donors (Lipinski definition) is 1. The van der Waals surface area contributed by atoms with Gasteiger partial charge in [-0.05, 0) is 71.7 Å². The third-order valence-electron chi connectivity index (χ3n) is 5.45. The quantitative estimate of drug-likeness (QED) is 0.311. The number of Topliss-reactive ketones (excluding diaryl/α,β-unsaturated/α-hetero) is 1. The summed E-state index contributed by atoms with van der Waals surface area (Å²) in [6, 6.07) is 15.0. The average molecular weight is 493 g/mol. The molecule has 32 heavy (non-hydrogen) atoms. The van der Waals surface area contributed by atoms with Crippen molar-refractivity contribution in [1.82, 2.24) is 4.98 Å². The Kier molecular flexibility index (Phi) is 5.84. The van der Waals surface area contributed by atoms with Crippen LogP contribution in [-0.2, 0) is 9.59 Å². The van der Waals surface area contributed by atoms with Crippen LogP contribution in [0.1, 0.15) is 28.4 Å². The van der Waals surface area contributed by atoms with Crippen LogP contribution in [0.15, 0.2) is 70.8 Å².